The van der Waals surface area contributed by atoms with E-state index in [-0.39, 0.29) is 0 Å². The van der Waals surface area contributed by atoms with Gasteiger partial charge in [-0.2, -0.15) is 0 Å². The summed E-state index contributed by atoms with van der Waals surface area (Å²) in [4.78, 5) is 8.91. The first-order valence-electron chi connectivity index (χ1n) is 8.35. The van der Waals surface area contributed by atoms with Crippen LogP contribution in [0.15, 0.2) is 0 Å². The molecule has 4 heteroatoms. The molecule has 0 aromatic carbocycles. The second kappa shape index (κ2) is 7.10. The van der Waals surface area contributed by atoms with Gasteiger partial charge in [-0.1, -0.05) is 34.6 Å². The van der Waals surface area contributed by atoms with E-state index in [9.17, 15) is 0 Å². The number of thiazole rings is 1. The van der Waals surface area contributed by atoms with Crippen molar-refractivity contribution in [3.8, 4) is 0 Å². The number of nitrogens with one attached hydrogen (secondary N) is 1. The Balaban J connectivity index is 2.13. The molecule has 1 aliphatic rings. The summed E-state index contributed by atoms with van der Waals surface area (Å²) in [6.07, 6.45) is 1.29. The van der Waals surface area contributed by atoms with Crippen LogP contribution in [0.2, 0.25) is 0 Å². The lowest BCUT2D eigenvalue weighted by atomic mass is 10.1. The third-order valence-corrected chi connectivity index (χ3v) is 5.24. The van der Waals surface area contributed by atoms with E-state index in [0.29, 0.717) is 17.9 Å². The van der Waals surface area contributed by atoms with E-state index >= 15 is 0 Å². The molecule has 21 heavy (non-hydrogen) atoms. The summed E-state index contributed by atoms with van der Waals surface area (Å²) < 4.78 is 0. The van der Waals surface area contributed by atoms with Crippen molar-refractivity contribution < 1.29 is 0 Å². The molecule has 120 valence electrons. The monoisotopic (exact) mass is 309 g/mol. The van der Waals surface area contributed by atoms with Crippen LogP contribution in [0.25, 0.3) is 0 Å². The third-order valence-electron chi connectivity index (χ3n) is 4.13. The van der Waals surface area contributed by atoms with E-state index in [2.05, 4.69) is 51.8 Å². The molecule has 1 aliphatic heterocycles. The number of rotatable bonds is 6. The Morgan fingerprint density at radius 3 is 2.52 bits per heavy atom. The molecule has 1 aromatic rings. The lowest BCUT2D eigenvalue weighted by Gasteiger charge is -2.20. The molecule has 3 nitrogen and oxygen atoms in total. The van der Waals surface area contributed by atoms with Crippen LogP contribution in [0.3, 0.4) is 0 Å². The fourth-order valence-electron chi connectivity index (χ4n) is 3.09. The number of aromatic nitrogens is 1. The fraction of sp³-hybridized carbons (Fsp3) is 0.824. The molecular weight excluding hydrogens is 278 g/mol. The fourth-order valence-corrected chi connectivity index (χ4v) is 4.39. The van der Waals surface area contributed by atoms with Crippen LogP contribution in [-0.2, 0) is 6.54 Å². The second-order valence-corrected chi connectivity index (χ2v) is 8.39. The van der Waals surface area contributed by atoms with Crippen LogP contribution in [0.1, 0.15) is 64.5 Å². The van der Waals surface area contributed by atoms with Crippen molar-refractivity contribution in [3.63, 3.8) is 0 Å². The first-order valence-corrected chi connectivity index (χ1v) is 9.17. The summed E-state index contributed by atoms with van der Waals surface area (Å²) in [6, 6.07) is 0.627. The average molecular weight is 310 g/mol. The Morgan fingerprint density at radius 1 is 1.29 bits per heavy atom. The molecule has 2 heterocycles. The van der Waals surface area contributed by atoms with Crippen LogP contribution in [0.5, 0.6) is 0 Å². The van der Waals surface area contributed by atoms with E-state index in [1.165, 1.54) is 22.1 Å². The van der Waals surface area contributed by atoms with Crippen molar-refractivity contribution in [3.05, 3.63) is 10.6 Å². The summed E-state index contributed by atoms with van der Waals surface area (Å²) in [5.74, 6) is 1.98. The Bertz CT molecular complexity index is 453. The lowest BCUT2D eigenvalue weighted by Crippen LogP contribution is -2.26. The first-order chi connectivity index (χ1) is 9.88. The van der Waals surface area contributed by atoms with E-state index in [1.54, 1.807) is 0 Å². The zero-order valence-electron chi connectivity index (χ0n) is 14.4. The molecule has 2 atom stereocenters. The minimum atomic E-state index is 0.501. The molecule has 1 N–H and O–H groups in total. The van der Waals surface area contributed by atoms with Crippen LogP contribution in [-0.4, -0.2) is 24.1 Å². The smallest absolute Gasteiger partial charge is 0.186 e. The van der Waals surface area contributed by atoms with Crippen LogP contribution >= 0.6 is 11.3 Å². The number of nitrogens with zero attached hydrogens (tertiary/aromatic N) is 2. The Hall–Kier alpha value is -0.610. The van der Waals surface area contributed by atoms with Gasteiger partial charge in [-0.3, -0.25) is 0 Å². The van der Waals surface area contributed by atoms with E-state index in [4.69, 9.17) is 4.98 Å². The highest BCUT2D eigenvalue weighted by atomic mass is 32.1. The topological polar surface area (TPSA) is 28.2 Å². The standard InChI is InChI=1S/C17H31N3S/c1-11(2)8-18-9-15-16(12(3)4)19-17(21-15)20-10-13(5)7-14(20)6/h11-14,18H,7-10H2,1-6H3. The third kappa shape index (κ3) is 4.19. The van der Waals surface area contributed by atoms with Crippen molar-refractivity contribution in [1.82, 2.24) is 10.3 Å². The molecule has 1 saturated heterocycles. The number of anilines is 1. The molecule has 1 aromatic heterocycles. The largest absolute Gasteiger partial charge is 0.345 e. The highest BCUT2D eigenvalue weighted by Crippen LogP contribution is 2.35. The van der Waals surface area contributed by atoms with Gasteiger partial charge in [-0.15, -0.1) is 11.3 Å². The quantitative estimate of drug-likeness (QED) is 0.851. The molecule has 0 spiro atoms. The predicted octanol–water partition coefficient (Wildman–Crippen LogP) is 4.25. The lowest BCUT2D eigenvalue weighted by molar-refractivity contribution is 0.552. The SMILES string of the molecule is CC(C)CNCc1sc(N2CC(C)CC2C)nc1C(C)C. The van der Waals surface area contributed by atoms with Gasteiger partial charge in [0.05, 0.1) is 5.69 Å². The number of hydrogen-bond donors (Lipinski definition) is 1. The summed E-state index contributed by atoms with van der Waals surface area (Å²) in [5, 5.41) is 4.81. The van der Waals surface area contributed by atoms with Crippen molar-refractivity contribution >= 4 is 16.5 Å². The van der Waals surface area contributed by atoms with E-state index in [0.717, 1.165) is 25.6 Å². The van der Waals surface area contributed by atoms with Crippen molar-refractivity contribution in [1.29, 1.82) is 0 Å². The minimum absolute atomic E-state index is 0.501. The molecule has 2 unspecified atom stereocenters. The van der Waals surface area contributed by atoms with Gasteiger partial charge in [0, 0.05) is 24.0 Å². The highest BCUT2D eigenvalue weighted by molar-refractivity contribution is 7.15. The molecule has 0 aliphatic carbocycles. The molecule has 1 fully saturated rings. The molecule has 0 amide bonds. The first kappa shape index (κ1) is 16.8. The van der Waals surface area contributed by atoms with Gasteiger partial charge in [-0.05, 0) is 37.6 Å². The van der Waals surface area contributed by atoms with Crippen molar-refractivity contribution in [2.45, 2.75) is 66.5 Å². The van der Waals surface area contributed by atoms with Crippen LogP contribution in [0.4, 0.5) is 5.13 Å². The Kier molecular flexibility index (Phi) is 5.67. The van der Waals surface area contributed by atoms with E-state index in [1.807, 2.05) is 11.3 Å². The summed E-state index contributed by atoms with van der Waals surface area (Å²) in [7, 11) is 0. The van der Waals surface area contributed by atoms with Gasteiger partial charge >= 0.3 is 0 Å². The summed E-state index contributed by atoms with van der Waals surface area (Å²) in [6.45, 7) is 16.9. The highest BCUT2D eigenvalue weighted by Gasteiger charge is 2.29. The maximum atomic E-state index is 4.98. The van der Waals surface area contributed by atoms with Crippen molar-refractivity contribution in [2.24, 2.45) is 11.8 Å². The Morgan fingerprint density at radius 2 is 2.00 bits per heavy atom. The molecule has 0 bridgehead atoms. The Labute approximate surface area is 134 Å². The molecule has 0 radical (unpaired) electrons. The van der Waals surface area contributed by atoms with Crippen LogP contribution in [0, 0.1) is 11.8 Å². The van der Waals surface area contributed by atoms with Gasteiger partial charge in [0.15, 0.2) is 5.13 Å². The molecule has 2 rings (SSSR count). The van der Waals surface area contributed by atoms with Crippen LogP contribution < -0.4 is 10.2 Å². The van der Waals surface area contributed by atoms with Crippen molar-refractivity contribution in [2.75, 3.05) is 18.0 Å². The zero-order valence-corrected chi connectivity index (χ0v) is 15.3. The minimum Gasteiger partial charge on any atom is -0.345 e. The van der Waals surface area contributed by atoms with Gasteiger partial charge in [0.25, 0.3) is 0 Å². The number of hydrogen-bond acceptors (Lipinski definition) is 4. The molecule has 0 saturated carbocycles. The summed E-state index contributed by atoms with van der Waals surface area (Å²) in [5.41, 5.74) is 1.29. The van der Waals surface area contributed by atoms with Gasteiger partial charge in [-0.25, -0.2) is 4.98 Å². The van der Waals surface area contributed by atoms with E-state index < -0.39 is 0 Å². The molecular formula is C17H31N3S. The average Bonchev–Trinajstić information content (AvgIpc) is 2.92. The predicted molar refractivity (Wildman–Crippen MR) is 93.3 cm³/mol. The van der Waals surface area contributed by atoms with Gasteiger partial charge in [0.2, 0.25) is 0 Å². The maximum absolute atomic E-state index is 4.98. The second-order valence-electron chi connectivity index (χ2n) is 7.33. The maximum Gasteiger partial charge on any atom is 0.186 e. The normalized spacial score (nSPS) is 22.8. The zero-order chi connectivity index (χ0) is 15.6. The van der Waals surface area contributed by atoms with Gasteiger partial charge < -0.3 is 10.2 Å². The van der Waals surface area contributed by atoms with Gasteiger partial charge in [0.1, 0.15) is 0 Å². The summed E-state index contributed by atoms with van der Waals surface area (Å²) >= 11 is 1.89.